The fourth-order valence-electron chi connectivity index (χ4n) is 2.50. The first kappa shape index (κ1) is 15.9. The van der Waals surface area contributed by atoms with Crippen molar-refractivity contribution in [3.8, 4) is 0 Å². The lowest BCUT2D eigenvalue weighted by atomic mass is 9.98. The number of sulfonamides is 1. The molecular weight excluding hydrogens is 340 g/mol. The second kappa shape index (κ2) is 7.02. The minimum atomic E-state index is -3.37. The van der Waals surface area contributed by atoms with Gasteiger partial charge >= 0.3 is 0 Å². The van der Waals surface area contributed by atoms with E-state index >= 15 is 0 Å². The summed E-state index contributed by atoms with van der Waals surface area (Å²) in [4.78, 5) is 0.366. The van der Waals surface area contributed by atoms with Crippen LogP contribution in [0.5, 0.6) is 0 Å². The van der Waals surface area contributed by atoms with Crippen LogP contribution in [0.2, 0.25) is 0 Å². The first-order valence-corrected chi connectivity index (χ1v) is 9.24. The van der Waals surface area contributed by atoms with Gasteiger partial charge in [-0.25, -0.2) is 8.42 Å². The van der Waals surface area contributed by atoms with Gasteiger partial charge in [0, 0.05) is 17.6 Å². The first-order chi connectivity index (χ1) is 9.55. The molecule has 0 aliphatic carbocycles. The number of rotatable bonds is 5. The van der Waals surface area contributed by atoms with Crippen LogP contribution in [0.25, 0.3) is 0 Å². The summed E-state index contributed by atoms with van der Waals surface area (Å²) in [6, 6.07) is 7.01. The zero-order chi connectivity index (χ0) is 14.6. The number of halogens is 1. The summed E-state index contributed by atoms with van der Waals surface area (Å²) in [5.41, 5.74) is 0. The molecule has 1 aromatic carbocycles. The molecule has 1 saturated heterocycles. The molecule has 0 bridgehead atoms. The van der Waals surface area contributed by atoms with Crippen LogP contribution >= 0.6 is 15.9 Å². The molecule has 6 heteroatoms. The second-order valence-corrected chi connectivity index (χ2v) is 7.85. The van der Waals surface area contributed by atoms with Crippen LogP contribution in [0.1, 0.15) is 19.8 Å². The highest BCUT2D eigenvalue weighted by Gasteiger charge is 2.30. The molecule has 1 aliphatic heterocycles. The molecule has 1 fully saturated rings. The Bertz CT molecular complexity index is 540. The SMILES string of the molecule is CCNCC1CCN(S(=O)(=O)c2ccccc2Br)CC1. The van der Waals surface area contributed by atoms with Crippen molar-refractivity contribution >= 4 is 26.0 Å². The van der Waals surface area contributed by atoms with Gasteiger partial charge in [0.25, 0.3) is 0 Å². The Hall–Kier alpha value is -0.430. The molecule has 1 heterocycles. The van der Waals surface area contributed by atoms with E-state index in [1.165, 1.54) is 0 Å². The first-order valence-electron chi connectivity index (χ1n) is 7.01. The van der Waals surface area contributed by atoms with Crippen molar-refractivity contribution in [3.63, 3.8) is 0 Å². The van der Waals surface area contributed by atoms with Crippen LogP contribution in [-0.4, -0.2) is 38.9 Å². The molecule has 0 radical (unpaired) electrons. The van der Waals surface area contributed by atoms with Gasteiger partial charge in [-0.3, -0.25) is 0 Å². The van der Waals surface area contributed by atoms with Gasteiger partial charge < -0.3 is 5.32 Å². The molecule has 20 heavy (non-hydrogen) atoms. The minimum Gasteiger partial charge on any atom is -0.317 e. The van der Waals surface area contributed by atoms with Crippen molar-refractivity contribution in [1.29, 1.82) is 0 Å². The highest BCUT2D eigenvalue weighted by atomic mass is 79.9. The van der Waals surface area contributed by atoms with Crippen molar-refractivity contribution in [3.05, 3.63) is 28.7 Å². The Labute approximate surface area is 129 Å². The fourth-order valence-corrected chi connectivity index (χ4v) is 4.93. The molecule has 0 saturated carbocycles. The minimum absolute atomic E-state index is 0.366. The second-order valence-electron chi connectivity index (χ2n) is 5.09. The summed E-state index contributed by atoms with van der Waals surface area (Å²) in [6.07, 6.45) is 1.85. The van der Waals surface area contributed by atoms with Crippen LogP contribution < -0.4 is 5.32 Å². The van der Waals surface area contributed by atoms with Crippen LogP contribution in [0.15, 0.2) is 33.6 Å². The normalized spacial score (nSPS) is 18.3. The topological polar surface area (TPSA) is 49.4 Å². The summed E-state index contributed by atoms with van der Waals surface area (Å²) in [5, 5.41) is 3.34. The molecule has 0 aromatic heterocycles. The Balaban J connectivity index is 2.04. The van der Waals surface area contributed by atoms with E-state index in [4.69, 9.17) is 0 Å². The van der Waals surface area contributed by atoms with Gasteiger partial charge in [-0.05, 0) is 59.9 Å². The van der Waals surface area contributed by atoms with E-state index in [0.717, 1.165) is 25.9 Å². The van der Waals surface area contributed by atoms with Gasteiger partial charge in [-0.1, -0.05) is 19.1 Å². The van der Waals surface area contributed by atoms with E-state index in [1.807, 2.05) is 6.07 Å². The van der Waals surface area contributed by atoms with Crippen LogP contribution in [-0.2, 0) is 10.0 Å². The van der Waals surface area contributed by atoms with E-state index in [0.29, 0.717) is 28.4 Å². The maximum absolute atomic E-state index is 12.6. The molecule has 4 nitrogen and oxygen atoms in total. The zero-order valence-corrected chi connectivity index (χ0v) is 14.1. The van der Waals surface area contributed by atoms with Crippen LogP contribution in [0.3, 0.4) is 0 Å². The van der Waals surface area contributed by atoms with E-state index in [-0.39, 0.29) is 0 Å². The molecule has 2 rings (SSSR count). The standard InChI is InChI=1S/C14H21BrN2O2S/c1-2-16-11-12-7-9-17(10-8-12)20(18,19)14-6-4-3-5-13(14)15/h3-6,12,16H,2,7-11H2,1H3. The fraction of sp³-hybridized carbons (Fsp3) is 0.571. The van der Waals surface area contributed by atoms with Gasteiger partial charge in [0.2, 0.25) is 10.0 Å². The Morgan fingerprint density at radius 3 is 2.55 bits per heavy atom. The molecule has 0 spiro atoms. The average Bonchev–Trinajstić information content (AvgIpc) is 2.46. The average molecular weight is 361 g/mol. The zero-order valence-electron chi connectivity index (χ0n) is 11.7. The lowest BCUT2D eigenvalue weighted by Gasteiger charge is -2.31. The maximum Gasteiger partial charge on any atom is 0.244 e. The van der Waals surface area contributed by atoms with E-state index < -0.39 is 10.0 Å². The van der Waals surface area contributed by atoms with Gasteiger partial charge in [-0.2, -0.15) is 4.31 Å². The van der Waals surface area contributed by atoms with Gasteiger partial charge in [0.1, 0.15) is 0 Å². The summed E-state index contributed by atoms with van der Waals surface area (Å²) in [7, 11) is -3.37. The Morgan fingerprint density at radius 2 is 1.95 bits per heavy atom. The lowest BCUT2D eigenvalue weighted by molar-refractivity contribution is 0.268. The number of hydrogen-bond acceptors (Lipinski definition) is 3. The predicted molar refractivity (Wildman–Crippen MR) is 84.2 cm³/mol. The molecule has 112 valence electrons. The molecule has 1 aliphatic rings. The smallest absolute Gasteiger partial charge is 0.244 e. The Kier molecular flexibility index (Phi) is 5.60. The number of hydrogen-bond donors (Lipinski definition) is 1. The third-order valence-electron chi connectivity index (χ3n) is 3.71. The van der Waals surface area contributed by atoms with Crippen molar-refractivity contribution in [2.24, 2.45) is 5.92 Å². The number of nitrogens with zero attached hydrogens (tertiary/aromatic N) is 1. The molecular formula is C14H21BrN2O2S. The Morgan fingerprint density at radius 1 is 1.30 bits per heavy atom. The molecule has 1 aromatic rings. The third kappa shape index (κ3) is 3.61. The van der Waals surface area contributed by atoms with Crippen molar-refractivity contribution < 1.29 is 8.42 Å². The van der Waals surface area contributed by atoms with Gasteiger partial charge in [0.15, 0.2) is 0 Å². The summed E-state index contributed by atoms with van der Waals surface area (Å²) >= 11 is 3.33. The van der Waals surface area contributed by atoms with Crippen molar-refractivity contribution in [2.75, 3.05) is 26.2 Å². The lowest BCUT2D eigenvalue weighted by Crippen LogP contribution is -2.40. The molecule has 0 amide bonds. The summed E-state index contributed by atoms with van der Waals surface area (Å²) in [5.74, 6) is 0.584. The highest BCUT2D eigenvalue weighted by Crippen LogP contribution is 2.28. The number of benzene rings is 1. The maximum atomic E-state index is 12.6. The van der Waals surface area contributed by atoms with Crippen molar-refractivity contribution in [1.82, 2.24) is 9.62 Å². The molecule has 1 N–H and O–H groups in total. The highest BCUT2D eigenvalue weighted by molar-refractivity contribution is 9.10. The monoisotopic (exact) mass is 360 g/mol. The number of nitrogens with one attached hydrogen (secondary N) is 1. The molecule has 0 unspecified atom stereocenters. The van der Waals surface area contributed by atoms with Crippen LogP contribution in [0, 0.1) is 5.92 Å². The van der Waals surface area contributed by atoms with Crippen LogP contribution in [0.4, 0.5) is 0 Å². The van der Waals surface area contributed by atoms with E-state index in [1.54, 1.807) is 22.5 Å². The van der Waals surface area contributed by atoms with E-state index in [9.17, 15) is 8.42 Å². The largest absolute Gasteiger partial charge is 0.317 e. The quantitative estimate of drug-likeness (QED) is 0.877. The summed E-state index contributed by atoms with van der Waals surface area (Å²) in [6.45, 7) is 5.26. The van der Waals surface area contributed by atoms with Crippen molar-refractivity contribution in [2.45, 2.75) is 24.7 Å². The van der Waals surface area contributed by atoms with Gasteiger partial charge in [-0.15, -0.1) is 0 Å². The van der Waals surface area contributed by atoms with Gasteiger partial charge in [0.05, 0.1) is 4.90 Å². The van der Waals surface area contributed by atoms with E-state index in [2.05, 4.69) is 28.2 Å². The number of piperidine rings is 1. The third-order valence-corrected chi connectivity index (χ3v) is 6.62. The summed E-state index contributed by atoms with van der Waals surface area (Å²) < 4.78 is 27.5. The predicted octanol–water partition coefficient (Wildman–Crippen LogP) is 2.46. The molecule has 0 atom stereocenters.